The zero-order chi connectivity index (χ0) is 28.9. The van der Waals surface area contributed by atoms with Gasteiger partial charge >= 0.3 is 6.09 Å². The first-order valence-electron chi connectivity index (χ1n) is 11.8. The smallest absolute Gasteiger partial charge is 0.405 e. The molecule has 3 heterocycles. The number of carbonyl (C=O) groups is 1. The lowest BCUT2D eigenvalue weighted by atomic mass is 9.94. The molecule has 0 unspecified atom stereocenters. The van der Waals surface area contributed by atoms with Gasteiger partial charge in [0, 0.05) is 37.5 Å². The zero-order valence-electron chi connectivity index (χ0n) is 21.4. The van der Waals surface area contributed by atoms with Crippen LogP contribution < -0.4 is 10.0 Å². The quantitative estimate of drug-likeness (QED) is 0.246. The maximum Gasteiger partial charge on any atom is 0.405 e. The maximum atomic E-state index is 14.0. The maximum absolute atomic E-state index is 14.0. The van der Waals surface area contributed by atoms with Gasteiger partial charge in [0.05, 0.1) is 45.0 Å². The molecule has 0 bridgehead atoms. The van der Waals surface area contributed by atoms with Crippen LogP contribution in [0.3, 0.4) is 0 Å². The van der Waals surface area contributed by atoms with Gasteiger partial charge < -0.3 is 15.0 Å². The van der Waals surface area contributed by atoms with E-state index in [9.17, 15) is 27.1 Å². The van der Waals surface area contributed by atoms with Crippen LogP contribution >= 0.6 is 11.6 Å². The van der Waals surface area contributed by atoms with Gasteiger partial charge in [0.25, 0.3) is 0 Å². The highest BCUT2D eigenvalue weighted by Crippen LogP contribution is 2.40. The largest absolute Gasteiger partial charge is 0.465 e. The molecule has 14 heteroatoms. The fraction of sp³-hybridized carbons (Fsp3) is 0.192. The van der Waals surface area contributed by atoms with Gasteiger partial charge in [0.1, 0.15) is 11.6 Å². The van der Waals surface area contributed by atoms with Crippen molar-refractivity contribution >= 4 is 55.5 Å². The Morgan fingerprint density at radius 3 is 2.45 bits per heavy atom. The van der Waals surface area contributed by atoms with Crippen molar-refractivity contribution < 1.29 is 27.1 Å². The molecule has 0 saturated heterocycles. The van der Waals surface area contributed by atoms with E-state index in [0.29, 0.717) is 27.5 Å². The van der Waals surface area contributed by atoms with Crippen molar-refractivity contribution in [2.75, 3.05) is 11.0 Å². The highest BCUT2D eigenvalue weighted by Gasteiger charge is 2.26. The Labute approximate surface area is 232 Å². The zero-order valence-corrected chi connectivity index (χ0v) is 23.0. The number of nitrogens with zero attached hydrogens (tertiary/aromatic N) is 4. The number of carboxylic acid groups (broad SMARTS) is 1. The van der Waals surface area contributed by atoms with Crippen LogP contribution in [0, 0.1) is 11.6 Å². The van der Waals surface area contributed by atoms with E-state index in [0.717, 1.165) is 30.0 Å². The van der Waals surface area contributed by atoms with Gasteiger partial charge in [-0.1, -0.05) is 17.7 Å². The average molecular weight is 589 g/mol. The highest BCUT2D eigenvalue weighted by molar-refractivity contribution is 7.92. The molecule has 3 N–H and O–H groups in total. The Kier molecular flexibility index (Phi) is 6.88. The molecule has 0 radical (unpaired) electrons. The lowest BCUT2D eigenvalue weighted by Crippen LogP contribution is -2.29. The molecule has 0 spiro atoms. The molecule has 0 aliphatic carbocycles. The number of hydrogen-bond acceptors (Lipinski definition) is 5. The second-order valence-electron chi connectivity index (χ2n) is 9.40. The molecule has 5 aromatic rings. The van der Waals surface area contributed by atoms with Crippen LogP contribution in [0.15, 0.2) is 48.7 Å². The first kappa shape index (κ1) is 27.3. The first-order valence-corrected chi connectivity index (χ1v) is 14.1. The van der Waals surface area contributed by atoms with E-state index >= 15 is 0 Å². The van der Waals surface area contributed by atoms with Crippen LogP contribution in [0.5, 0.6) is 0 Å². The standard InChI is InChI=1S/C26H23ClF2N6O4S/c1-34-7-6-19-21(34)12-17(16-4-5-18(27)22-24(16)35(2)32-25(22)33-40(3,38)39)23(30-19)20(31-26(36)37)10-13-8-14(28)11-15(29)9-13/h4-9,11-12,20,31H,10H2,1-3H3,(H,32,33)(H,36,37)/t20-/m0/s1. The Hall–Kier alpha value is -4.23. The third-order valence-electron chi connectivity index (χ3n) is 6.40. The summed E-state index contributed by atoms with van der Waals surface area (Å²) in [5.41, 5.74) is 3.28. The topological polar surface area (TPSA) is 131 Å². The van der Waals surface area contributed by atoms with Gasteiger partial charge in [-0.2, -0.15) is 5.10 Å². The molecule has 0 saturated carbocycles. The van der Waals surface area contributed by atoms with E-state index in [1.165, 1.54) is 4.68 Å². The molecule has 3 aromatic heterocycles. The van der Waals surface area contributed by atoms with E-state index < -0.39 is 33.8 Å². The van der Waals surface area contributed by atoms with Crippen molar-refractivity contribution in [2.45, 2.75) is 12.5 Å². The van der Waals surface area contributed by atoms with Gasteiger partial charge in [-0.3, -0.25) is 9.40 Å². The van der Waals surface area contributed by atoms with Gasteiger partial charge in [0.2, 0.25) is 10.0 Å². The molecule has 0 fully saturated rings. The summed E-state index contributed by atoms with van der Waals surface area (Å²) in [5, 5.41) is 17.0. The van der Waals surface area contributed by atoms with E-state index in [1.807, 2.05) is 17.7 Å². The first-order chi connectivity index (χ1) is 18.8. The predicted molar refractivity (Wildman–Crippen MR) is 148 cm³/mol. The molecule has 5 rings (SSSR count). The minimum atomic E-state index is -3.69. The van der Waals surface area contributed by atoms with Crippen molar-refractivity contribution in [1.29, 1.82) is 0 Å². The number of benzene rings is 2. The minimum absolute atomic E-state index is 0.0248. The molecule has 0 aliphatic heterocycles. The van der Waals surface area contributed by atoms with E-state index in [4.69, 9.17) is 16.6 Å². The molecular weight excluding hydrogens is 566 g/mol. The van der Waals surface area contributed by atoms with Crippen molar-refractivity contribution in [3.05, 3.63) is 76.6 Å². The van der Waals surface area contributed by atoms with Gasteiger partial charge in [-0.25, -0.2) is 27.0 Å². The summed E-state index contributed by atoms with van der Waals surface area (Å²) in [6, 6.07) is 8.83. The predicted octanol–water partition coefficient (Wildman–Crippen LogP) is 4.98. The lowest BCUT2D eigenvalue weighted by Gasteiger charge is -2.21. The Morgan fingerprint density at radius 1 is 1.10 bits per heavy atom. The van der Waals surface area contributed by atoms with E-state index in [1.54, 1.807) is 31.4 Å². The molecule has 1 atom stereocenters. The SMILES string of the molecule is Cn1ccc2nc([C@H](Cc3cc(F)cc(F)c3)NC(=O)O)c(-c3ccc(Cl)c4c(NS(C)(=O)=O)nn(C)c34)cc21. The summed E-state index contributed by atoms with van der Waals surface area (Å²) in [6.07, 6.45) is 1.32. The number of halogens is 3. The van der Waals surface area contributed by atoms with Crippen molar-refractivity contribution in [1.82, 2.24) is 24.6 Å². The van der Waals surface area contributed by atoms with E-state index in [2.05, 4.69) is 15.1 Å². The summed E-state index contributed by atoms with van der Waals surface area (Å²) in [5.74, 6) is -1.57. The number of hydrogen-bond donors (Lipinski definition) is 3. The number of aryl methyl sites for hydroxylation is 2. The van der Waals surface area contributed by atoms with Crippen LogP contribution in [-0.4, -0.2) is 45.2 Å². The third kappa shape index (κ3) is 5.29. The number of pyridine rings is 1. The normalized spacial score (nSPS) is 12.7. The van der Waals surface area contributed by atoms with Gasteiger partial charge in [-0.05, 0) is 42.3 Å². The number of anilines is 1. The number of rotatable bonds is 7. The van der Waals surface area contributed by atoms with Crippen molar-refractivity contribution in [3.63, 3.8) is 0 Å². The highest BCUT2D eigenvalue weighted by atomic mass is 35.5. The average Bonchev–Trinajstić information content (AvgIpc) is 3.36. The van der Waals surface area contributed by atoms with Crippen molar-refractivity contribution in [2.24, 2.45) is 14.1 Å². The second-order valence-corrected chi connectivity index (χ2v) is 11.6. The summed E-state index contributed by atoms with van der Waals surface area (Å²) >= 11 is 6.51. The van der Waals surface area contributed by atoms with Crippen LogP contribution in [0.1, 0.15) is 17.3 Å². The fourth-order valence-electron chi connectivity index (χ4n) is 4.85. The number of nitrogens with one attached hydrogen (secondary N) is 2. The lowest BCUT2D eigenvalue weighted by molar-refractivity contribution is 0.189. The number of fused-ring (bicyclic) bond motifs is 2. The molecule has 40 heavy (non-hydrogen) atoms. The number of aromatic nitrogens is 4. The fourth-order valence-corrected chi connectivity index (χ4v) is 5.59. The summed E-state index contributed by atoms with van der Waals surface area (Å²) in [7, 11) is -0.248. The Morgan fingerprint density at radius 2 is 1.80 bits per heavy atom. The molecule has 10 nitrogen and oxygen atoms in total. The number of sulfonamides is 1. The summed E-state index contributed by atoms with van der Waals surface area (Å²) < 4.78 is 57.7. The third-order valence-corrected chi connectivity index (χ3v) is 7.28. The van der Waals surface area contributed by atoms with Crippen LogP contribution in [-0.2, 0) is 30.5 Å². The summed E-state index contributed by atoms with van der Waals surface area (Å²) in [6.45, 7) is 0. The van der Waals surface area contributed by atoms with Gasteiger partial charge in [0.15, 0.2) is 5.82 Å². The monoisotopic (exact) mass is 588 g/mol. The van der Waals surface area contributed by atoms with Crippen molar-refractivity contribution in [3.8, 4) is 11.1 Å². The minimum Gasteiger partial charge on any atom is -0.465 e. The Bertz CT molecular complexity index is 1900. The van der Waals surface area contributed by atoms with Crippen LogP contribution in [0.2, 0.25) is 5.02 Å². The van der Waals surface area contributed by atoms with E-state index in [-0.39, 0.29) is 28.5 Å². The molecule has 0 aliphatic rings. The molecular formula is C26H23ClF2N6O4S. The Balaban J connectivity index is 1.79. The molecule has 2 aromatic carbocycles. The second kappa shape index (κ2) is 10.1. The van der Waals surface area contributed by atoms with Gasteiger partial charge in [-0.15, -0.1) is 0 Å². The molecule has 1 amide bonds. The number of amides is 1. The summed E-state index contributed by atoms with van der Waals surface area (Å²) in [4.78, 5) is 16.7. The van der Waals surface area contributed by atoms with Crippen LogP contribution in [0.25, 0.3) is 33.1 Å². The van der Waals surface area contributed by atoms with Crippen LogP contribution in [0.4, 0.5) is 19.4 Å². The molecule has 208 valence electrons.